The van der Waals surface area contributed by atoms with Gasteiger partial charge in [0.2, 0.25) is 10.0 Å². The zero-order valence-electron chi connectivity index (χ0n) is 21.1. The molecule has 39 heavy (non-hydrogen) atoms. The van der Waals surface area contributed by atoms with Gasteiger partial charge >= 0.3 is 0 Å². The number of amides is 1. The Morgan fingerprint density at radius 2 is 1.77 bits per heavy atom. The number of benzene rings is 3. The van der Waals surface area contributed by atoms with Crippen LogP contribution in [0, 0.1) is 0 Å². The summed E-state index contributed by atoms with van der Waals surface area (Å²) in [6.07, 6.45) is 1.82. The summed E-state index contributed by atoms with van der Waals surface area (Å²) in [6, 6.07) is 17.2. The molecule has 12 heteroatoms. The number of piperazine rings is 1. The van der Waals surface area contributed by atoms with E-state index in [1.54, 1.807) is 18.2 Å². The number of hydrogen-bond donors (Lipinski definition) is 1. The molecule has 0 aromatic heterocycles. The van der Waals surface area contributed by atoms with Gasteiger partial charge < -0.3 is 14.5 Å². The second-order valence-corrected chi connectivity index (χ2v) is 14.9. The van der Waals surface area contributed by atoms with Crippen molar-refractivity contribution in [3.63, 3.8) is 0 Å². The summed E-state index contributed by atoms with van der Waals surface area (Å²) >= 11 is 20.8. The molecule has 3 aromatic carbocycles. The minimum absolute atomic E-state index is 0.148. The number of alkyl halides is 3. The van der Waals surface area contributed by atoms with Crippen LogP contribution in [0.5, 0.6) is 5.75 Å². The Morgan fingerprint density at radius 3 is 2.41 bits per heavy atom. The number of sulfonamides is 1. The highest BCUT2D eigenvalue weighted by Gasteiger charge is 2.46. The number of halogens is 4. The van der Waals surface area contributed by atoms with E-state index < -0.39 is 19.7 Å². The van der Waals surface area contributed by atoms with Gasteiger partial charge in [0.1, 0.15) is 5.75 Å². The van der Waals surface area contributed by atoms with Gasteiger partial charge in [-0.2, -0.15) is 0 Å². The normalized spacial score (nSPS) is 17.4. The number of carbonyl (C=O) groups is 1. The molecule has 0 atom stereocenters. The standard InChI is InChI=1S/C27H27BrCl3N3O4S/c1-38-24-8-7-20(16-23(24)33-11-13-34(14-12-33)25(35)27(29,30)31)39(36,37)32-17-26(9-10-26)22-4-2-3-18-5-6-19(28)15-21(18)22/h2-8,15-16,32H,9-14,17H2,1H3. The van der Waals surface area contributed by atoms with Crippen LogP contribution in [0.1, 0.15) is 18.4 Å². The molecule has 1 N–H and O–H groups in total. The summed E-state index contributed by atoms with van der Waals surface area (Å²) in [7, 11) is -2.28. The van der Waals surface area contributed by atoms with E-state index in [0.29, 0.717) is 44.2 Å². The molecule has 1 aliphatic carbocycles. The topological polar surface area (TPSA) is 79.0 Å². The molecule has 7 nitrogen and oxygen atoms in total. The van der Waals surface area contributed by atoms with E-state index in [4.69, 9.17) is 39.5 Å². The predicted molar refractivity (Wildman–Crippen MR) is 160 cm³/mol. The van der Waals surface area contributed by atoms with E-state index in [-0.39, 0.29) is 10.3 Å². The van der Waals surface area contributed by atoms with Crippen molar-refractivity contribution in [2.45, 2.75) is 26.9 Å². The predicted octanol–water partition coefficient (Wildman–Crippen LogP) is 5.64. The Labute approximate surface area is 251 Å². The van der Waals surface area contributed by atoms with Crippen molar-refractivity contribution in [3.05, 3.63) is 64.6 Å². The van der Waals surface area contributed by atoms with Gasteiger partial charge in [0.05, 0.1) is 17.7 Å². The van der Waals surface area contributed by atoms with Gasteiger partial charge in [-0.1, -0.05) is 75.0 Å². The zero-order chi connectivity index (χ0) is 28.0. The molecule has 5 rings (SSSR count). The molecule has 3 aromatic rings. The molecular weight excluding hydrogens is 649 g/mol. The van der Waals surface area contributed by atoms with Gasteiger partial charge in [0.15, 0.2) is 0 Å². The Kier molecular flexibility index (Phi) is 8.05. The lowest BCUT2D eigenvalue weighted by Crippen LogP contribution is -2.51. The SMILES string of the molecule is COc1ccc(S(=O)(=O)NCC2(c3cccc4ccc(Br)cc34)CC2)cc1N1CCN(C(=O)C(Cl)(Cl)Cl)CC1. The molecule has 0 bridgehead atoms. The average molecular weight is 676 g/mol. The maximum absolute atomic E-state index is 13.5. The number of anilines is 1. The molecule has 2 aliphatic rings. The Hall–Kier alpha value is -1.75. The first-order chi connectivity index (χ1) is 18.4. The summed E-state index contributed by atoms with van der Waals surface area (Å²) in [5.41, 5.74) is 1.54. The summed E-state index contributed by atoms with van der Waals surface area (Å²) < 4.78 is 34.3. The van der Waals surface area contributed by atoms with Crippen LogP contribution in [-0.4, -0.2) is 62.9 Å². The number of methoxy groups -OCH3 is 1. The summed E-state index contributed by atoms with van der Waals surface area (Å²) in [6.45, 7) is 1.82. The molecular formula is C27H27BrCl3N3O4S. The van der Waals surface area contributed by atoms with Crippen molar-refractivity contribution >= 4 is 83.1 Å². The highest BCUT2D eigenvalue weighted by Crippen LogP contribution is 2.50. The molecule has 0 unspecified atom stereocenters. The second-order valence-electron chi connectivity index (χ2n) is 9.89. The number of hydrogen-bond acceptors (Lipinski definition) is 5. The van der Waals surface area contributed by atoms with Crippen molar-refractivity contribution in [2.24, 2.45) is 0 Å². The maximum Gasteiger partial charge on any atom is 0.274 e. The Bertz CT molecular complexity index is 1520. The quantitative estimate of drug-likeness (QED) is 0.328. The fourth-order valence-electron chi connectivity index (χ4n) is 5.13. The highest BCUT2D eigenvalue weighted by atomic mass is 79.9. The molecule has 1 aliphatic heterocycles. The van der Waals surface area contributed by atoms with Gasteiger partial charge in [-0.05, 0) is 59.5 Å². The maximum atomic E-state index is 13.5. The van der Waals surface area contributed by atoms with E-state index >= 15 is 0 Å². The first-order valence-electron chi connectivity index (χ1n) is 12.4. The number of nitrogens with zero attached hydrogens (tertiary/aromatic N) is 2. The van der Waals surface area contributed by atoms with Gasteiger partial charge in [-0.3, -0.25) is 4.79 Å². The third-order valence-corrected chi connectivity index (χ3v) is 9.86. The fraction of sp³-hybridized carbons (Fsp3) is 0.370. The molecule has 1 amide bonds. The molecule has 0 radical (unpaired) electrons. The van der Waals surface area contributed by atoms with Crippen LogP contribution in [0.2, 0.25) is 0 Å². The van der Waals surface area contributed by atoms with E-state index in [2.05, 4.69) is 44.9 Å². The summed E-state index contributed by atoms with van der Waals surface area (Å²) in [4.78, 5) is 15.9. The van der Waals surface area contributed by atoms with Gasteiger partial charge in [0.25, 0.3) is 9.70 Å². The molecule has 1 heterocycles. The van der Waals surface area contributed by atoms with Crippen LogP contribution in [0.3, 0.4) is 0 Å². The van der Waals surface area contributed by atoms with E-state index in [1.807, 2.05) is 17.0 Å². The molecule has 2 fully saturated rings. The lowest BCUT2D eigenvalue weighted by atomic mass is 9.91. The number of fused-ring (bicyclic) bond motifs is 1. The van der Waals surface area contributed by atoms with Crippen LogP contribution >= 0.6 is 50.7 Å². The fourth-order valence-corrected chi connectivity index (χ4v) is 7.00. The van der Waals surface area contributed by atoms with E-state index in [1.165, 1.54) is 12.0 Å². The Balaban J connectivity index is 1.34. The van der Waals surface area contributed by atoms with Crippen LogP contribution < -0.4 is 14.4 Å². The van der Waals surface area contributed by atoms with Crippen molar-refractivity contribution in [2.75, 3.05) is 44.7 Å². The zero-order valence-corrected chi connectivity index (χ0v) is 25.8. The first kappa shape index (κ1) is 28.8. The number of ether oxygens (including phenoxy) is 1. The molecule has 208 valence electrons. The molecule has 1 saturated heterocycles. The van der Waals surface area contributed by atoms with Crippen LogP contribution in [0.4, 0.5) is 5.69 Å². The van der Waals surface area contributed by atoms with Gasteiger partial charge in [0, 0.05) is 42.6 Å². The van der Waals surface area contributed by atoms with Crippen molar-refractivity contribution < 1.29 is 17.9 Å². The van der Waals surface area contributed by atoms with Crippen molar-refractivity contribution in [1.29, 1.82) is 0 Å². The summed E-state index contributed by atoms with van der Waals surface area (Å²) in [5, 5.41) is 2.25. The van der Waals surface area contributed by atoms with Gasteiger partial charge in [-0.25, -0.2) is 13.1 Å². The lowest BCUT2D eigenvalue weighted by molar-refractivity contribution is -0.130. The summed E-state index contributed by atoms with van der Waals surface area (Å²) in [5.74, 6) is -0.0395. The molecule has 0 spiro atoms. The average Bonchev–Trinajstić information content (AvgIpc) is 3.71. The molecule has 1 saturated carbocycles. The van der Waals surface area contributed by atoms with Gasteiger partial charge in [-0.15, -0.1) is 0 Å². The van der Waals surface area contributed by atoms with Crippen LogP contribution in [0.15, 0.2) is 64.0 Å². The first-order valence-corrected chi connectivity index (χ1v) is 15.8. The van der Waals surface area contributed by atoms with Crippen molar-refractivity contribution in [1.82, 2.24) is 9.62 Å². The minimum Gasteiger partial charge on any atom is -0.495 e. The Morgan fingerprint density at radius 1 is 1.05 bits per heavy atom. The van der Waals surface area contributed by atoms with Crippen LogP contribution in [0.25, 0.3) is 10.8 Å². The highest BCUT2D eigenvalue weighted by molar-refractivity contribution is 9.10. The third-order valence-electron chi connectivity index (χ3n) is 7.48. The largest absolute Gasteiger partial charge is 0.495 e. The van der Waals surface area contributed by atoms with E-state index in [9.17, 15) is 13.2 Å². The second kappa shape index (κ2) is 10.9. The van der Waals surface area contributed by atoms with Crippen molar-refractivity contribution in [3.8, 4) is 5.75 Å². The minimum atomic E-state index is -3.81. The number of nitrogens with one attached hydrogen (secondary N) is 1. The third kappa shape index (κ3) is 5.99. The smallest absolute Gasteiger partial charge is 0.274 e. The van der Waals surface area contributed by atoms with E-state index in [0.717, 1.165) is 33.7 Å². The van der Waals surface area contributed by atoms with Crippen LogP contribution in [-0.2, 0) is 20.2 Å². The number of carbonyl (C=O) groups excluding carboxylic acids is 1. The monoisotopic (exact) mass is 673 g/mol. The number of rotatable bonds is 7. The lowest BCUT2D eigenvalue weighted by Gasteiger charge is -2.37.